The average Bonchev–Trinajstić information content (AvgIpc) is 2.58. The Morgan fingerprint density at radius 3 is 2.25 bits per heavy atom. The van der Waals surface area contributed by atoms with Gasteiger partial charge >= 0.3 is 0 Å². The largest absolute Gasteiger partial charge is 0.508 e. The van der Waals surface area contributed by atoms with Crippen molar-refractivity contribution in [1.82, 2.24) is 0 Å². The minimum atomic E-state index is -0.627. The highest BCUT2D eigenvalue weighted by Gasteiger charge is 2.09. The summed E-state index contributed by atoms with van der Waals surface area (Å²) in [5.74, 6) is -0.568. The second kappa shape index (κ2) is 7.42. The first-order valence-corrected chi connectivity index (χ1v) is 6.71. The van der Waals surface area contributed by atoms with E-state index < -0.39 is 10.8 Å². The van der Waals surface area contributed by atoms with E-state index in [1.165, 1.54) is 54.7 Å². The number of phenolic OH excluding ortho intramolecular Hbond substituents is 1. The Kier molecular flexibility index (Phi) is 5.10. The van der Waals surface area contributed by atoms with Gasteiger partial charge in [0, 0.05) is 29.7 Å². The number of phenols is 1. The number of hydrogen-bond donors (Lipinski definition) is 3. The number of anilines is 2. The van der Waals surface area contributed by atoms with Crippen molar-refractivity contribution >= 4 is 23.0 Å². The van der Waals surface area contributed by atoms with Crippen molar-refractivity contribution in [2.24, 2.45) is 0 Å². The maximum atomic E-state index is 12.0. The second-order valence-electron chi connectivity index (χ2n) is 4.62. The standard InChI is InChI=1S/C16H12N4O4/c17-9-11(16(22)19-13-3-7-15(21)8-4-13)10-18-12-1-5-14(6-2-12)20(23)24/h1-8,10,18,21H,(H,19,22)/b11-10-. The topological polar surface area (TPSA) is 128 Å². The summed E-state index contributed by atoms with van der Waals surface area (Å²) in [6.45, 7) is 0. The maximum Gasteiger partial charge on any atom is 0.269 e. The zero-order valence-corrected chi connectivity index (χ0v) is 12.3. The van der Waals surface area contributed by atoms with Crippen molar-refractivity contribution in [2.45, 2.75) is 0 Å². The Morgan fingerprint density at radius 2 is 1.71 bits per heavy atom. The van der Waals surface area contributed by atoms with Gasteiger partial charge in [-0.25, -0.2) is 0 Å². The van der Waals surface area contributed by atoms with Crippen LogP contribution in [0.5, 0.6) is 5.75 Å². The van der Waals surface area contributed by atoms with Gasteiger partial charge in [0.2, 0.25) is 0 Å². The molecule has 0 radical (unpaired) electrons. The number of rotatable bonds is 5. The quantitative estimate of drug-likeness (QED) is 0.255. The van der Waals surface area contributed by atoms with E-state index >= 15 is 0 Å². The number of nitro groups is 1. The summed E-state index contributed by atoms with van der Waals surface area (Å²) in [4.78, 5) is 22.0. The molecule has 0 aliphatic rings. The predicted octanol–water partition coefficient (Wildman–Crippen LogP) is 2.76. The molecule has 0 spiro atoms. The lowest BCUT2D eigenvalue weighted by Gasteiger charge is -2.05. The molecule has 0 saturated heterocycles. The van der Waals surface area contributed by atoms with Gasteiger partial charge in [-0.05, 0) is 36.4 Å². The van der Waals surface area contributed by atoms with E-state index in [1.807, 2.05) is 0 Å². The van der Waals surface area contributed by atoms with Crippen LogP contribution in [0.1, 0.15) is 0 Å². The van der Waals surface area contributed by atoms with Crippen molar-refractivity contribution in [1.29, 1.82) is 5.26 Å². The fourth-order valence-electron chi connectivity index (χ4n) is 1.73. The normalized spacial score (nSPS) is 10.5. The molecule has 8 heteroatoms. The first kappa shape index (κ1) is 16.5. The molecule has 0 fully saturated rings. The van der Waals surface area contributed by atoms with Crippen molar-refractivity contribution < 1.29 is 14.8 Å². The number of carbonyl (C=O) groups excluding carboxylic acids is 1. The molecule has 120 valence electrons. The van der Waals surface area contributed by atoms with Gasteiger partial charge in [-0.1, -0.05) is 0 Å². The summed E-state index contributed by atoms with van der Waals surface area (Å²) in [7, 11) is 0. The van der Waals surface area contributed by atoms with Gasteiger partial charge in [0.1, 0.15) is 17.4 Å². The molecule has 0 bridgehead atoms. The molecule has 1 amide bonds. The molecule has 2 aromatic carbocycles. The summed E-state index contributed by atoms with van der Waals surface area (Å²) in [6, 6.07) is 13.1. The van der Waals surface area contributed by atoms with E-state index in [-0.39, 0.29) is 17.0 Å². The molecule has 0 aliphatic heterocycles. The van der Waals surface area contributed by atoms with Crippen LogP contribution in [0.4, 0.5) is 17.1 Å². The van der Waals surface area contributed by atoms with Crippen LogP contribution in [0.2, 0.25) is 0 Å². The lowest BCUT2D eigenvalue weighted by atomic mass is 10.2. The summed E-state index contributed by atoms with van der Waals surface area (Å²) in [6.07, 6.45) is 1.21. The Hall–Kier alpha value is -3.86. The second-order valence-corrected chi connectivity index (χ2v) is 4.62. The Labute approximate surface area is 136 Å². The zero-order valence-electron chi connectivity index (χ0n) is 12.3. The summed E-state index contributed by atoms with van der Waals surface area (Å²) < 4.78 is 0. The number of amides is 1. The van der Waals surface area contributed by atoms with Gasteiger partial charge in [-0.3, -0.25) is 14.9 Å². The van der Waals surface area contributed by atoms with Crippen LogP contribution in [0.3, 0.4) is 0 Å². The molecule has 0 unspecified atom stereocenters. The highest BCUT2D eigenvalue weighted by atomic mass is 16.6. The monoisotopic (exact) mass is 324 g/mol. The molecule has 0 heterocycles. The number of aromatic hydroxyl groups is 1. The molecule has 3 N–H and O–H groups in total. The van der Waals surface area contributed by atoms with Gasteiger partial charge in [0.25, 0.3) is 11.6 Å². The van der Waals surface area contributed by atoms with Crippen molar-refractivity contribution in [3.63, 3.8) is 0 Å². The van der Waals surface area contributed by atoms with E-state index in [1.54, 1.807) is 6.07 Å². The number of nitrogens with zero attached hydrogens (tertiary/aromatic N) is 2. The molecule has 0 atom stereocenters. The van der Waals surface area contributed by atoms with Gasteiger partial charge in [-0.2, -0.15) is 5.26 Å². The fraction of sp³-hybridized carbons (Fsp3) is 0. The lowest BCUT2D eigenvalue weighted by molar-refractivity contribution is -0.384. The highest BCUT2D eigenvalue weighted by Crippen LogP contribution is 2.16. The Balaban J connectivity index is 2.05. The van der Waals surface area contributed by atoms with Crippen LogP contribution in [0.15, 0.2) is 60.3 Å². The van der Waals surface area contributed by atoms with E-state index in [0.29, 0.717) is 11.4 Å². The third kappa shape index (κ3) is 4.32. The Bertz CT molecular complexity index is 821. The average molecular weight is 324 g/mol. The third-order valence-corrected chi connectivity index (χ3v) is 2.95. The van der Waals surface area contributed by atoms with Gasteiger partial charge in [-0.15, -0.1) is 0 Å². The van der Waals surface area contributed by atoms with E-state index in [4.69, 9.17) is 5.26 Å². The number of hydrogen-bond acceptors (Lipinski definition) is 6. The molecular formula is C16H12N4O4. The van der Waals surface area contributed by atoms with Crippen LogP contribution in [-0.2, 0) is 4.79 Å². The van der Waals surface area contributed by atoms with Crippen LogP contribution < -0.4 is 10.6 Å². The SMILES string of the molecule is N#C/C(=C/Nc1ccc([N+](=O)[O-])cc1)C(=O)Nc1ccc(O)cc1. The lowest BCUT2D eigenvalue weighted by Crippen LogP contribution is -2.14. The van der Waals surface area contributed by atoms with E-state index in [2.05, 4.69) is 10.6 Å². The molecule has 24 heavy (non-hydrogen) atoms. The number of carbonyl (C=O) groups is 1. The molecule has 8 nitrogen and oxygen atoms in total. The first-order chi connectivity index (χ1) is 11.5. The van der Waals surface area contributed by atoms with Gasteiger partial charge in [0.15, 0.2) is 0 Å². The van der Waals surface area contributed by atoms with Crippen molar-refractivity contribution in [3.05, 3.63) is 70.4 Å². The minimum absolute atomic E-state index is 0.0592. The number of benzene rings is 2. The molecule has 2 aromatic rings. The highest BCUT2D eigenvalue weighted by molar-refractivity contribution is 6.06. The number of nitriles is 1. The molecule has 0 aromatic heterocycles. The maximum absolute atomic E-state index is 12.0. The van der Waals surface area contributed by atoms with Gasteiger partial charge < -0.3 is 15.7 Å². The van der Waals surface area contributed by atoms with E-state index in [0.717, 1.165) is 0 Å². The molecule has 0 saturated carbocycles. The molecule has 0 aliphatic carbocycles. The fourth-order valence-corrected chi connectivity index (χ4v) is 1.73. The number of nitrogens with one attached hydrogen (secondary N) is 2. The molecule has 2 rings (SSSR count). The van der Waals surface area contributed by atoms with Crippen LogP contribution in [0.25, 0.3) is 0 Å². The molecular weight excluding hydrogens is 312 g/mol. The Morgan fingerprint density at radius 1 is 1.12 bits per heavy atom. The van der Waals surface area contributed by atoms with Crippen LogP contribution in [-0.4, -0.2) is 15.9 Å². The van der Waals surface area contributed by atoms with Gasteiger partial charge in [0.05, 0.1) is 4.92 Å². The zero-order chi connectivity index (χ0) is 17.5. The van der Waals surface area contributed by atoms with E-state index in [9.17, 15) is 20.0 Å². The smallest absolute Gasteiger partial charge is 0.269 e. The number of non-ortho nitro benzene ring substituents is 1. The first-order valence-electron chi connectivity index (χ1n) is 6.71. The van der Waals surface area contributed by atoms with Crippen molar-refractivity contribution in [3.8, 4) is 11.8 Å². The summed E-state index contributed by atoms with van der Waals surface area (Å²) in [5.41, 5.74) is 0.677. The summed E-state index contributed by atoms with van der Waals surface area (Å²) in [5, 5.41) is 34.1. The predicted molar refractivity (Wildman–Crippen MR) is 87.2 cm³/mol. The number of nitro benzene ring substituents is 1. The third-order valence-electron chi connectivity index (χ3n) is 2.95. The van der Waals surface area contributed by atoms with Crippen LogP contribution >= 0.6 is 0 Å². The summed E-state index contributed by atoms with van der Waals surface area (Å²) >= 11 is 0. The van der Waals surface area contributed by atoms with Crippen LogP contribution in [0, 0.1) is 21.4 Å². The minimum Gasteiger partial charge on any atom is -0.508 e. The van der Waals surface area contributed by atoms with Crippen molar-refractivity contribution in [2.75, 3.05) is 10.6 Å².